The molecule has 1 N–H and O–H groups in total. The van der Waals surface area contributed by atoms with E-state index in [0.29, 0.717) is 5.56 Å². The van der Waals surface area contributed by atoms with Crippen LogP contribution in [0, 0.1) is 6.92 Å². The minimum atomic E-state index is -0.895. The molecule has 66 valence electrons. The number of carboxylic acid groups (broad SMARTS) is 1. The number of pyridine rings is 1. The van der Waals surface area contributed by atoms with Gasteiger partial charge in [0.05, 0.1) is 5.56 Å². The van der Waals surface area contributed by atoms with Crippen LogP contribution in [0.15, 0.2) is 30.6 Å². The highest BCUT2D eigenvalue weighted by Crippen LogP contribution is 2.10. The Bertz CT molecular complexity index is 471. The summed E-state index contributed by atoms with van der Waals surface area (Å²) in [4.78, 5) is 10.6. The highest BCUT2D eigenvalue weighted by Gasteiger charge is 2.03. The van der Waals surface area contributed by atoms with E-state index in [4.69, 9.17) is 5.11 Å². The third kappa shape index (κ3) is 1.28. The number of rotatable bonds is 1. The monoisotopic (exact) mass is 175 g/mol. The van der Waals surface area contributed by atoms with Crippen molar-refractivity contribution in [2.75, 3.05) is 0 Å². The first-order chi connectivity index (χ1) is 6.16. The number of carboxylic acids is 1. The van der Waals surface area contributed by atoms with Crippen LogP contribution < -0.4 is 0 Å². The number of hydrogen-bond donors (Lipinski definition) is 1. The van der Waals surface area contributed by atoms with E-state index in [1.165, 1.54) is 0 Å². The van der Waals surface area contributed by atoms with Crippen molar-refractivity contribution in [3.05, 3.63) is 41.7 Å². The molecule has 0 aliphatic carbocycles. The molecule has 3 heteroatoms. The van der Waals surface area contributed by atoms with E-state index in [-0.39, 0.29) is 0 Å². The Kier molecular flexibility index (Phi) is 1.59. The number of carbonyl (C=O) groups is 1. The molecule has 0 aromatic carbocycles. The van der Waals surface area contributed by atoms with Crippen molar-refractivity contribution in [2.24, 2.45) is 0 Å². The molecule has 0 saturated heterocycles. The topological polar surface area (TPSA) is 41.7 Å². The zero-order chi connectivity index (χ0) is 9.42. The van der Waals surface area contributed by atoms with Crippen LogP contribution in [0.25, 0.3) is 5.52 Å². The first kappa shape index (κ1) is 7.86. The van der Waals surface area contributed by atoms with Gasteiger partial charge in [-0.15, -0.1) is 0 Å². The molecule has 0 bridgehead atoms. The zero-order valence-corrected chi connectivity index (χ0v) is 7.19. The number of aromatic nitrogens is 1. The predicted molar refractivity (Wildman–Crippen MR) is 49.1 cm³/mol. The molecule has 0 amide bonds. The van der Waals surface area contributed by atoms with E-state index in [1.54, 1.807) is 18.3 Å². The summed E-state index contributed by atoms with van der Waals surface area (Å²) in [6, 6.07) is 5.42. The van der Waals surface area contributed by atoms with Crippen molar-refractivity contribution in [3.8, 4) is 0 Å². The Morgan fingerprint density at radius 3 is 2.85 bits per heavy atom. The largest absolute Gasteiger partial charge is 0.478 e. The fraction of sp³-hybridized carbons (Fsp3) is 0.100. The normalized spacial score (nSPS) is 10.5. The second-order valence-corrected chi connectivity index (χ2v) is 3.07. The van der Waals surface area contributed by atoms with Crippen molar-refractivity contribution in [2.45, 2.75) is 6.92 Å². The van der Waals surface area contributed by atoms with Gasteiger partial charge in [-0.3, -0.25) is 0 Å². The van der Waals surface area contributed by atoms with Gasteiger partial charge in [0.15, 0.2) is 0 Å². The van der Waals surface area contributed by atoms with Crippen LogP contribution in [0.4, 0.5) is 0 Å². The van der Waals surface area contributed by atoms with Crippen LogP contribution >= 0.6 is 0 Å². The molecule has 3 nitrogen and oxygen atoms in total. The average molecular weight is 175 g/mol. The second-order valence-electron chi connectivity index (χ2n) is 3.07. The summed E-state index contributed by atoms with van der Waals surface area (Å²) >= 11 is 0. The van der Waals surface area contributed by atoms with Gasteiger partial charge in [0.1, 0.15) is 0 Å². The Hall–Kier alpha value is -1.77. The Balaban J connectivity index is 2.67. The molecule has 0 unspecified atom stereocenters. The Morgan fingerprint density at radius 1 is 1.38 bits per heavy atom. The van der Waals surface area contributed by atoms with Gasteiger partial charge in [0.2, 0.25) is 0 Å². The van der Waals surface area contributed by atoms with E-state index >= 15 is 0 Å². The molecule has 0 spiro atoms. The van der Waals surface area contributed by atoms with Gasteiger partial charge in [-0.05, 0) is 30.7 Å². The summed E-state index contributed by atoms with van der Waals surface area (Å²) in [5.74, 6) is -0.895. The summed E-state index contributed by atoms with van der Waals surface area (Å²) in [6.07, 6.45) is 3.52. The lowest BCUT2D eigenvalue weighted by molar-refractivity contribution is 0.0696. The summed E-state index contributed by atoms with van der Waals surface area (Å²) < 4.78 is 1.82. The molecule has 2 aromatic heterocycles. The number of aryl methyl sites for hydroxylation is 1. The van der Waals surface area contributed by atoms with Crippen LogP contribution in [0.3, 0.4) is 0 Å². The highest BCUT2D eigenvalue weighted by molar-refractivity contribution is 5.87. The number of nitrogens with zero attached hydrogens (tertiary/aromatic N) is 1. The molecule has 0 fully saturated rings. The predicted octanol–water partition coefficient (Wildman–Crippen LogP) is 1.95. The molecule has 0 aliphatic rings. The maximum absolute atomic E-state index is 10.6. The second kappa shape index (κ2) is 2.62. The fourth-order valence-electron chi connectivity index (χ4n) is 1.38. The van der Waals surface area contributed by atoms with E-state index in [0.717, 1.165) is 11.1 Å². The van der Waals surface area contributed by atoms with Gasteiger partial charge in [0.25, 0.3) is 0 Å². The summed E-state index contributed by atoms with van der Waals surface area (Å²) in [7, 11) is 0. The highest BCUT2D eigenvalue weighted by atomic mass is 16.4. The van der Waals surface area contributed by atoms with Gasteiger partial charge in [-0.1, -0.05) is 0 Å². The molecule has 0 saturated carbocycles. The van der Waals surface area contributed by atoms with E-state index in [9.17, 15) is 4.79 Å². The summed E-state index contributed by atoms with van der Waals surface area (Å²) in [5.41, 5.74) is 2.45. The Morgan fingerprint density at radius 2 is 2.15 bits per heavy atom. The molecule has 0 radical (unpaired) electrons. The first-order valence-electron chi connectivity index (χ1n) is 3.98. The number of fused-ring (bicyclic) bond motifs is 1. The van der Waals surface area contributed by atoms with Crippen LogP contribution in [-0.2, 0) is 0 Å². The summed E-state index contributed by atoms with van der Waals surface area (Å²) in [5, 5.41) is 8.74. The minimum Gasteiger partial charge on any atom is -0.478 e. The SMILES string of the molecule is Cc1cc2ccc(C(=O)O)cn2c1. The molecule has 13 heavy (non-hydrogen) atoms. The lowest BCUT2D eigenvalue weighted by Gasteiger charge is -1.96. The fourth-order valence-corrected chi connectivity index (χ4v) is 1.38. The molecule has 2 rings (SSSR count). The minimum absolute atomic E-state index is 0.308. The summed E-state index contributed by atoms with van der Waals surface area (Å²) in [6.45, 7) is 1.98. The van der Waals surface area contributed by atoms with Gasteiger partial charge in [0, 0.05) is 17.9 Å². The van der Waals surface area contributed by atoms with Crippen LogP contribution in [0.2, 0.25) is 0 Å². The number of aromatic carboxylic acids is 1. The van der Waals surface area contributed by atoms with Gasteiger partial charge in [-0.25, -0.2) is 4.79 Å². The quantitative estimate of drug-likeness (QED) is 0.719. The lowest BCUT2D eigenvalue weighted by Crippen LogP contribution is -1.97. The van der Waals surface area contributed by atoms with E-state index in [1.807, 2.05) is 23.6 Å². The van der Waals surface area contributed by atoms with Crippen LogP contribution in [0.5, 0.6) is 0 Å². The maximum Gasteiger partial charge on any atom is 0.337 e. The number of hydrogen-bond acceptors (Lipinski definition) is 1. The van der Waals surface area contributed by atoms with Crippen molar-refractivity contribution in [1.82, 2.24) is 4.40 Å². The van der Waals surface area contributed by atoms with Gasteiger partial charge in [-0.2, -0.15) is 0 Å². The molecule has 2 aromatic rings. The van der Waals surface area contributed by atoms with E-state index in [2.05, 4.69) is 0 Å². The first-order valence-corrected chi connectivity index (χ1v) is 3.98. The molecule has 0 aliphatic heterocycles. The molecular weight excluding hydrogens is 166 g/mol. The standard InChI is InChI=1S/C10H9NO2/c1-7-4-9-3-2-8(10(12)13)6-11(9)5-7/h2-6H,1H3,(H,12,13). The van der Waals surface area contributed by atoms with Crippen LogP contribution in [0.1, 0.15) is 15.9 Å². The zero-order valence-electron chi connectivity index (χ0n) is 7.19. The van der Waals surface area contributed by atoms with Crippen LogP contribution in [-0.4, -0.2) is 15.5 Å². The molecule has 2 heterocycles. The van der Waals surface area contributed by atoms with Gasteiger partial charge < -0.3 is 9.51 Å². The van der Waals surface area contributed by atoms with E-state index < -0.39 is 5.97 Å². The van der Waals surface area contributed by atoms with Crippen molar-refractivity contribution in [1.29, 1.82) is 0 Å². The van der Waals surface area contributed by atoms with Crippen molar-refractivity contribution < 1.29 is 9.90 Å². The third-order valence-electron chi connectivity index (χ3n) is 1.98. The van der Waals surface area contributed by atoms with Crippen molar-refractivity contribution >= 4 is 11.5 Å². The molecular formula is C10H9NO2. The smallest absolute Gasteiger partial charge is 0.337 e. The van der Waals surface area contributed by atoms with Crippen molar-refractivity contribution in [3.63, 3.8) is 0 Å². The molecule has 0 atom stereocenters. The average Bonchev–Trinajstić information content (AvgIpc) is 2.42. The maximum atomic E-state index is 10.6. The lowest BCUT2D eigenvalue weighted by atomic mass is 10.3. The Labute approximate surface area is 75.2 Å². The third-order valence-corrected chi connectivity index (χ3v) is 1.98. The van der Waals surface area contributed by atoms with Gasteiger partial charge >= 0.3 is 5.97 Å².